The van der Waals surface area contributed by atoms with E-state index in [2.05, 4.69) is 46.5 Å². The van der Waals surface area contributed by atoms with Crippen molar-refractivity contribution in [1.29, 1.82) is 0 Å². The Kier molecular flexibility index (Phi) is 10.5. The molecule has 5 heterocycles. The predicted molar refractivity (Wildman–Crippen MR) is 203 cm³/mol. The van der Waals surface area contributed by atoms with E-state index in [1.807, 2.05) is 32.9 Å². The first-order valence-corrected chi connectivity index (χ1v) is 18.3. The van der Waals surface area contributed by atoms with Crippen molar-refractivity contribution in [2.24, 2.45) is 0 Å². The lowest BCUT2D eigenvalue weighted by atomic mass is 9.96. The van der Waals surface area contributed by atoms with Gasteiger partial charge in [0.05, 0.1) is 10.9 Å². The maximum Gasteiger partial charge on any atom is 0.319 e. The molecule has 270 valence electrons. The molecule has 11 nitrogen and oxygen atoms in total. The molecule has 2 N–H and O–H groups in total. The number of fused-ring (bicyclic) bond motifs is 4. The minimum absolute atomic E-state index is 0.0215. The van der Waals surface area contributed by atoms with Gasteiger partial charge in [0.25, 0.3) is 5.91 Å². The number of ether oxygens (including phenoxy) is 1. The van der Waals surface area contributed by atoms with Gasteiger partial charge in [0.2, 0.25) is 0 Å². The van der Waals surface area contributed by atoms with Crippen LogP contribution in [-0.2, 0) is 11.2 Å². The highest BCUT2D eigenvalue weighted by Gasteiger charge is 2.34. The molecule has 2 aliphatic heterocycles. The number of hydrogen-bond donors (Lipinski definition) is 2. The lowest BCUT2D eigenvalue weighted by molar-refractivity contribution is -0.118. The van der Waals surface area contributed by atoms with Crippen LogP contribution in [0.25, 0.3) is 32.9 Å². The third kappa shape index (κ3) is 7.35. The SMILES string of the molecule is C#Cc1c(F)ccc2cccc(-c3ncc4c(N5CC6CCC(C5)N6)nc(OCC(=O)Nc5ccc(Sn6cnc(CC)n6)cc5)nc4c3F)c12.CC. The van der Waals surface area contributed by atoms with Gasteiger partial charge in [-0.15, -0.1) is 11.5 Å². The monoisotopic (exact) mass is 733 g/mol. The van der Waals surface area contributed by atoms with Crippen LogP contribution in [0.3, 0.4) is 0 Å². The molecule has 53 heavy (non-hydrogen) atoms. The summed E-state index contributed by atoms with van der Waals surface area (Å²) in [6, 6.07) is 15.7. The summed E-state index contributed by atoms with van der Waals surface area (Å²) < 4.78 is 39.0. The molecule has 14 heteroatoms. The number of pyridine rings is 1. The third-order valence-electron chi connectivity index (χ3n) is 9.06. The molecule has 2 aliphatic rings. The van der Waals surface area contributed by atoms with E-state index in [1.54, 1.807) is 46.8 Å². The van der Waals surface area contributed by atoms with Crippen molar-refractivity contribution < 1.29 is 18.3 Å². The molecule has 2 bridgehead atoms. The number of amides is 1. The van der Waals surface area contributed by atoms with E-state index in [4.69, 9.17) is 11.2 Å². The second-order valence-corrected chi connectivity index (χ2v) is 13.4. The molecule has 0 radical (unpaired) electrons. The van der Waals surface area contributed by atoms with E-state index >= 15 is 4.39 Å². The lowest BCUT2D eigenvalue weighted by Crippen LogP contribution is -2.51. The molecule has 8 rings (SSSR count). The molecule has 2 unspecified atom stereocenters. The van der Waals surface area contributed by atoms with Crippen LogP contribution >= 0.6 is 11.9 Å². The van der Waals surface area contributed by atoms with Crippen LogP contribution in [0.4, 0.5) is 20.3 Å². The standard InChI is InChI=1S/C37H31F2N9O2S.C2H6/c1-3-26-29(38)15-8-21-6-5-7-27(32(21)26)34-33(39)35-28(16-40-34)36(47-17-23-9-10-24(18-47)42-23)45-37(44-35)50-19-31(49)43-22-11-13-25(14-12-22)51-48-20-41-30(4-2)46-48;1-2/h1,5-8,11-16,20,23-24,42H,4,9-10,17-19H2,2H3,(H,43,49);1-2H3. The first-order chi connectivity index (χ1) is 25.9. The van der Waals surface area contributed by atoms with Crippen LogP contribution in [0.2, 0.25) is 0 Å². The average Bonchev–Trinajstić information content (AvgIpc) is 3.79. The van der Waals surface area contributed by atoms with Crippen molar-refractivity contribution >= 4 is 51.0 Å². The zero-order valence-electron chi connectivity index (χ0n) is 29.4. The molecule has 2 fully saturated rings. The van der Waals surface area contributed by atoms with Gasteiger partial charge in [-0.1, -0.05) is 51.0 Å². The van der Waals surface area contributed by atoms with Gasteiger partial charge in [0.1, 0.15) is 29.2 Å². The summed E-state index contributed by atoms with van der Waals surface area (Å²) in [5.74, 6) is 1.87. The molecular formula is C39H37F2N9O2S. The van der Waals surface area contributed by atoms with Crippen molar-refractivity contribution in [3.05, 3.63) is 90.1 Å². The highest BCUT2D eigenvalue weighted by atomic mass is 32.2. The molecule has 0 spiro atoms. The normalized spacial score (nSPS) is 16.3. The number of aromatic nitrogens is 6. The predicted octanol–water partition coefficient (Wildman–Crippen LogP) is 6.80. The van der Waals surface area contributed by atoms with Gasteiger partial charge < -0.3 is 20.3 Å². The van der Waals surface area contributed by atoms with Gasteiger partial charge >= 0.3 is 6.01 Å². The summed E-state index contributed by atoms with van der Waals surface area (Å²) in [5.41, 5.74) is 0.844. The maximum atomic E-state index is 16.7. The van der Waals surface area contributed by atoms with Crippen molar-refractivity contribution in [1.82, 2.24) is 34.4 Å². The first-order valence-electron chi connectivity index (χ1n) is 17.5. The number of nitrogens with zero attached hydrogens (tertiary/aromatic N) is 7. The number of hydrogen-bond acceptors (Lipinski definition) is 10. The molecule has 3 aromatic heterocycles. The van der Waals surface area contributed by atoms with E-state index in [0.717, 1.165) is 30.0 Å². The number of anilines is 2. The number of piperazine rings is 1. The summed E-state index contributed by atoms with van der Waals surface area (Å²) >= 11 is 1.40. The van der Waals surface area contributed by atoms with Gasteiger partial charge in [0.15, 0.2) is 18.2 Å². The third-order valence-corrected chi connectivity index (χ3v) is 9.90. The van der Waals surface area contributed by atoms with Crippen LogP contribution in [0.15, 0.2) is 72.0 Å². The number of aryl methyl sites for hydroxylation is 1. The van der Waals surface area contributed by atoms with Crippen molar-refractivity contribution in [2.45, 2.75) is 57.0 Å². The molecule has 2 atom stereocenters. The Bertz CT molecular complexity index is 2330. The summed E-state index contributed by atoms with van der Waals surface area (Å²) in [5, 5.41) is 12.2. The Hall–Kier alpha value is -5.65. The highest BCUT2D eigenvalue weighted by molar-refractivity contribution is 7.97. The Morgan fingerprint density at radius 1 is 1.06 bits per heavy atom. The number of benzene rings is 3. The minimum Gasteiger partial charge on any atom is -0.453 e. The van der Waals surface area contributed by atoms with Gasteiger partial charge in [-0.05, 0) is 48.6 Å². The fourth-order valence-electron chi connectivity index (χ4n) is 6.70. The lowest BCUT2D eigenvalue weighted by Gasteiger charge is -2.34. The molecule has 1 amide bonds. The van der Waals surface area contributed by atoms with E-state index in [-0.39, 0.29) is 34.9 Å². The van der Waals surface area contributed by atoms with Gasteiger partial charge in [0, 0.05) is 71.3 Å². The minimum atomic E-state index is -0.738. The second kappa shape index (κ2) is 15.5. The molecule has 0 aliphatic carbocycles. The Labute approximate surface area is 309 Å². The number of rotatable bonds is 9. The molecule has 0 saturated carbocycles. The van der Waals surface area contributed by atoms with E-state index < -0.39 is 24.1 Å². The summed E-state index contributed by atoms with van der Waals surface area (Å²) in [4.78, 5) is 33.9. The average molecular weight is 734 g/mol. The fraction of sp³-hybridized carbons (Fsp3) is 0.282. The smallest absolute Gasteiger partial charge is 0.319 e. The summed E-state index contributed by atoms with van der Waals surface area (Å²) in [7, 11) is 0. The van der Waals surface area contributed by atoms with Crippen molar-refractivity contribution in [3.63, 3.8) is 0 Å². The maximum absolute atomic E-state index is 16.7. The number of halogens is 2. The van der Waals surface area contributed by atoms with Gasteiger partial charge in [-0.3, -0.25) is 9.78 Å². The van der Waals surface area contributed by atoms with E-state index in [1.165, 1.54) is 24.2 Å². The van der Waals surface area contributed by atoms with Crippen LogP contribution in [0.5, 0.6) is 6.01 Å². The van der Waals surface area contributed by atoms with Crippen molar-refractivity contribution in [2.75, 3.05) is 29.9 Å². The summed E-state index contributed by atoms with van der Waals surface area (Å²) in [6.45, 7) is 6.89. The molecule has 6 aromatic rings. The zero-order valence-corrected chi connectivity index (χ0v) is 30.3. The Morgan fingerprint density at radius 2 is 1.83 bits per heavy atom. The van der Waals surface area contributed by atoms with Crippen molar-refractivity contribution in [3.8, 4) is 29.6 Å². The number of terminal acetylenes is 1. The first kappa shape index (κ1) is 35.7. The number of carbonyl (C=O) groups is 1. The highest BCUT2D eigenvalue weighted by Crippen LogP contribution is 2.37. The Morgan fingerprint density at radius 3 is 2.55 bits per heavy atom. The van der Waals surface area contributed by atoms with Crippen LogP contribution in [0.1, 0.15) is 45.0 Å². The largest absolute Gasteiger partial charge is 0.453 e. The van der Waals surface area contributed by atoms with E-state index in [0.29, 0.717) is 46.3 Å². The molecule has 2 saturated heterocycles. The van der Waals surface area contributed by atoms with Crippen LogP contribution in [0, 0.1) is 24.0 Å². The van der Waals surface area contributed by atoms with E-state index in [9.17, 15) is 9.18 Å². The fourth-order valence-corrected chi connectivity index (χ4v) is 7.40. The quantitative estimate of drug-likeness (QED) is 0.154. The topological polar surface area (TPSA) is 123 Å². The van der Waals surface area contributed by atoms with Gasteiger partial charge in [-0.2, -0.15) is 14.1 Å². The second-order valence-electron chi connectivity index (χ2n) is 12.4. The number of carbonyl (C=O) groups excluding carboxylic acids is 1. The van der Waals surface area contributed by atoms with Gasteiger partial charge in [-0.25, -0.2) is 13.8 Å². The van der Waals surface area contributed by atoms with Crippen LogP contribution < -0.4 is 20.3 Å². The zero-order chi connectivity index (χ0) is 37.1. The number of nitrogens with one attached hydrogen (secondary N) is 2. The Balaban J connectivity index is 0.00000214. The molecular weight excluding hydrogens is 697 g/mol. The summed E-state index contributed by atoms with van der Waals surface area (Å²) in [6.07, 6.45) is 11.7. The molecule has 3 aromatic carbocycles. The van der Waals surface area contributed by atoms with Crippen LogP contribution in [-0.4, -0.2) is 66.8 Å².